The third-order valence-electron chi connectivity index (χ3n) is 2.18. The highest BCUT2D eigenvalue weighted by Crippen LogP contribution is 2.23. The number of rotatable bonds is 3. The first-order valence-corrected chi connectivity index (χ1v) is 4.24. The monoisotopic (exact) mass is 203 g/mol. The van der Waals surface area contributed by atoms with Gasteiger partial charge in [-0.25, -0.2) is 0 Å². The number of aliphatic hydroxyl groups excluding tert-OH is 2. The number of azide groups is 1. The predicted molar refractivity (Wildman–Crippen MR) is 46.3 cm³/mol. The Kier molecular flexibility index (Phi) is 4.12. The summed E-state index contributed by atoms with van der Waals surface area (Å²) in [6.45, 7) is -0.335. The number of aliphatic hydroxyl groups is 2. The van der Waals surface area contributed by atoms with Gasteiger partial charge in [-0.1, -0.05) is 5.11 Å². The first-order chi connectivity index (χ1) is 6.72. The van der Waals surface area contributed by atoms with Crippen molar-refractivity contribution in [2.45, 2.75) is 31.0 Å². The molecule has 1 saturated heterocycles. The lowest BCUT2D eigenvalue weighted by Gasteiger charge is -2.35. The van der Waals surface area contributed by atoms with Crippen LogP contribution in [0.5, 0.6) is 0 Å². The molecule has 0 radical (unpaired) electrons. The smallest absolute Gasteiger partial charge is 0.158 e. The molecule has 4 atom stereocenters. The van der Waals surface area contributed by atoms with Crippen LogP contribution < -0.4 is 0 Å². The SMILES string of the molecule is COC1C[C@@H](N=[N+]=[N-])[C@H](O)[C@@H](CO)O1. The number of methoxy groups -OCH3 is 1. The lowest BCUT2D eigenvalue weighted by Crippen LogP contribution is -2.49. The minimum absolute atomic E-state index is 0.290. The molecule has 1 unspecified atom stereocenters. The molecule has 7 nitrogen and oxygen atoms in total. The Morgan fingerprint density at radius 2 is 2.43 bits per heavy atom. The van der Waals surface area contributed by atoms with Gasteiger partial charge in [0.25, 0.3) is 0 Å². The molecule has 0 aromatic carbocycles. The zero-order valence-electron chi connectivity index (χ0n) is 7.78. The van der Waals surface area contributed by atoms with Gasteiger partial charge in [0.05, 0.1) is 18.8 Å². The second-order valence-electron chi connectivity index (χ2n) is 3.02. The van der Waals surface area contributed by atoms with Crippen molar-refractivity contribution in [1.82, 2.24) is 0 Å². The van der Waals surface area contributed by atoms with Gasteiger partial charge in [0.2, 0.25) is 0 Å². The minimum Gasteiger partial charge on any atom is -0.394 e. The van der Waals surface area contributed by atoms with Crippen LogP contribution in [0.4, 0.5) is 0 Å². The standard InChI is InChI=1S/C7H13N3O4/c1-13-6-2-4(9-10-8)7(12)5(3-11)14-6/h4-7,11-12H,2-3H2,1H3/t4-,5-,6?,7+/m1/s1. The third-order valence-corrected chi connectivity index (χ3v) is 2.18. The Bertz CT molecular complexity index is 231. The van der Waals surface area contributed by atoms with E-state index < -0.39 is 24.5 Å². The van der Waals surface area contributed by atoms with E-state index in [2.05, 4.69) is 10.0 Å². The summed E-state index contributed by atoms with van der Waals surface area (Å²) in [7, 11) is 1.45. The van der Waals surface area contributed by atoms with Gasteiger partial charge in [-0.2, -0.15) is 0 Å². The van der Waals surface area contributed by atoms with Crippen LogP contribution >= 0.6 is 0 Å². The second kappa shape index (κ2) is 5.14. The van der Waals surface area contributed by atoms with Crippen LogP contribution in [0.2, 0.25) is 0 Å². The number of nitrogens with zero attached hydrogens (tertiary/aromatic N) is 3. The maximum absolute atomic E-state index is 9.57. The van der Waals surface area contributed by atoms with E-state index >= 15 is 0 Å². The molecule has 1 aliphatic rings. The Morgan fingerprint density at radius 3 is 2.93 bits per heavy atom. The van der Waals surface area contributed by atoms with Gasteiger partial charge < -0.3 is 19.7 Å². The van der Waals surface area contributed by atoms with Crippen LogP contribution in [0.3, 0.4) is 0 Å². The van der Waals surface area contributed by atoms with Gasteiger partial charge >= 0.3 is 0 Å². The molecule has 0 aliphatic carbocycles. The van der Waals surface area contributed by atoms with Gasteiger partial charge in [0.1, 0.15) is 6.10 Å². The van der Waals surface area contributed by atoms with Crippen molar-refractivity contribution in [2.75, 3.05) is 13.7 Å². The van der Waals surface area contributed by atoms with Crippen LogP contribution in [0.25, 0.3) is 10.4 Å². The molecule has 0 aromatic heterocycles. The number of hydrogen-bond acceptors (Lipinski definition) is 5. The fourth-order valence-electron chi connectivity index (χ4n) is 1.40. The summed E-state index contributed by atoms with van der Waals surface area (Å²) in [6.07, 6.45) is -2.00. The first-order valence-electron chi connectivity index (χ1n) is 4.24. The fraction of sp³-hybridized carbons (Fsp3) is 1.00. The average Bonchev–Trinajstić information content (AvgIpc) is 2.21. The van der Waals surface area contributed by atoms with Crippen molar-refractivity contribution >= 4 is 0 Å². The molecular weight excluding hydrogens is 190 g/mol. The molecule has 14 heavy (non-hydrogen) atoms. The molecule has 1 heterocycles. The molecule has 0 saturated carbocycles. The zero-order chi connectivity index (χ0) is 10.6. The summed E-state index contributed by atoms with van der Waals surface area (Å²) in [4.78, 5) is 2.62. The van der Waals surface area contributed by atoms with E-state index in [1.807, 2.05) is 0 Å². The summed E-state index contributed by atoms with van der Waals surface area (Å²) in [5.41, 5.74) is 8.26. The molecule has 0 bridgehead atoms. The molecule has 7 heteroatoms. The van der Waals surface area contributed by atoms with Gasteiger partial charge in [-0.3, -0.25) is 0 Å². The van der Waals surface area contributed by atoms with Crippen molar-refractivity contribution in [1.29, 1.82) is 0 Å². The molecule has 1 aliphatic heterocycles. The number of hydrogen-bond donors (Lipinski definition) is 2. The van der Waals surface area contributed by atoms with E-state index in [-0.39, 0.29) is 13.0 Å². The van der Waals surface area contributed by atoms with Crippen LogP contribution in [-0.2, 0) is 9.47 Å². The number of ether oxygens (including phenoxy) is 2. The van der Waals surface area contributed by atoms with Gasteiger partial charge in [-0.05, 0) is 5.53 Å². The molecule has 80 valence electrons. The summed E-state index contributed by atoms with van der Waals surface area (Å²) in [6, 6.07) is -0.615. The molecule has 1 rings (SSSR count). The van der Waals surface area contributed by atoms with Crippen LogP contribution in [-0.4, -0.2) is 48.5 Å². The molecule has 2 N–H and O–H groups in total. The van der Waals surface area contributed by atoms with Crippen LogP contribution in [0, 0.1) is 0 Å². The van der Waals surface area contributed by atoms with Gasteiger partial charge in [0.15, 0.2) is 6.29 Å². The summed E-state index contributed by atoms with van der Waals surface area (Å²) in [5, 5.41) is 21.9. The van der Waals surface area contributed by atoms with E-state index in [1.165, 1.54) is 7.11 Å². The van der Waals surface area contributed by atoms with Crippen molar-refractivity contribution < 1.29 is 19.7 Å². The summed E-state index contributed by atoms with van der Waals surface area (Å²) in [5.74, 6) is 0. The maximum atomic E-state index is 9.57. The Labute approximate surface area is 80.9 Å². The van der Waals surface area contributed by atoms with Crippen molar-refractivity contribution in [3.63, 3.8) is 0 Å². The van der Waals surface area contributed by atoms with Crippen molar-refractivity contribution in [3.05, 3.63) is 10.4 Å². The zero-order valence-corrected chi connectivity index (χ0v) is 7.78. The third kappa shape index (κ3) is 2.34. The van der Waals surface area contributed by atoms with Crippen LogP contribution in [0.15, 0.2) is 5.11 Å². The predicted octanol–water partition coefficient (Wildman–Crippen LogP) is -0.220. The maximum Gasteiger partial charge on any atom is 0.158 e. The molecular formula is C7H13N3O4. The van der Waals surface area contributed by atoms with Crippen molar-refractivity contribution in [3.8, 4) is 0 Å². The lowest BCUT2D eigenvalue weighted by atomic mass is 10.00. The molecule has 0 aromatic rings. The largest absolute Gasteiger partial charge is 0.394 e. The highest BCUT2D eigenvalue weighted by molar-refractivity contribution is 4.87. The Balaban J connectivity index is 2.69. The van der Waals surface area contributed by atoms with E-state index in [1.54, 1.807) is 0 Å². The first kappa shape index (κ1) is 11.2. The molecule has 0 spiro atoms. The Morgan fingerprint density at radius 1 is 1.71 bits per heavy atom. The average molecular weight is 203 g/mol. The second-order valence-corrected chi connectivity index (χ2v) is 3.02. The van der Waals surface area contributed by atoms with Gasteiger partial charge in [-0.15, -0.1) is 0 Å². The van der Waals surface area contributed by atoms with E-state index in [4.69, 9.17) is 20.1 Å². The Hall–Kier alpha value is -0.850. The normalized spacial score (nSPS) is 37.6. The fourth-order valence-corrected chi connectivity index (χ4v) is 1.40. The quantitative estimate of drug-likeness (QED) is 0.375. The van der Waals surface area contributed by atoms with E-state index in [0.29, 0.717) is 0 Å². The highest BCUT2D eigenvalue weighted by Gasteiger charge is 2.36. The van der Waals surface area contributed by atoms with Crippen LogP contribution in [0.1, 0.15) is 6.42 Å². The molecule has 0 amide bonds. The van der Waals surface area contributed by atoms with Gasteiger partial charge in [0, 0.05) is 18.4 Å². The lowest BCUT2D eigenvalue weighted by molar-refractivity contribution is -0.224. The highest BCUT2D eigenvalue weighted by atomic mass is 16.7. The van der Waals surface area contributed by atoms with E-state index in [9.17, 15) is 5.11 Å². The summed E-state index contributed by atoms with van der Waals surface area (Å²) >= 11 is 0. The minimum atomic E-state index is -0.984. The topological polar surface area (TPSA) is 108 Å². The van der Waals surface area contributed by atoms with Crippen molar-refractivity contribution in [2.24, 2.45) is 5.11 Å². The molecule has 1 fully saturated rings. The summed E-state index contributed by atoms with van der Waals surface area (Å²) < 4.78 is 10.1. The van der Waals surface area contributed by atoms with E-state index in [0.717, 1.165) is 0 Å².